The third kappa shape index (κ3) is 2.48. The highest BCUT2D eigenvalue weighted by molar-refractivity contribution is 6.30. The quantitative estimate of drug-likeness (QED) is 0.832. The monoisotopic (exact) mass is 279 g/mol. The molecule has 0 N–H and O–H groups in total. The van der Waals surface area contributed by atoms with Crippen LogP contribution in [0.2, 0.25) is 5.02 Å². The molecule has 0 radical (unpaired) electrons. The molecule has 3 rings (SSSR count). The van der Waals surface area contributed by atoms with Gasteiger partial charge in [0.15, 0.2) is 0 Å². The maximum Gasteiger partial charge on any atom is 0.249 e. The van der Waals surface area contributed by atoms with Gasteiger partial charge in [-0.2, -0.15) is 10.2 Å². The van der Waals surface area contributed by atoms with Crippen LogP contribution in [0.15, 0.2) is 34.5 Å². The Balaban J connectivity index is 1.82. The standard InChI is InChI=1S/C13H14ClN3O2/c14-10-3-1-9(2-4-10)13-11(7-15-16-13)17-5-6-19-8-12(17)18/h1-4,11,13H,5-8H2. The van der Waals surface area contributed by atoms with E-state index in [-0.39, 0.29) is 24.6 Å². The first-order chi connectivity index (χ1) is 9.25. The van der Waals surface area contributed by atoms with Gasteiger partial charge >= 0.3 is 0 Å². The molecule has 100 valence electrons. The Morgan fingerprint density at radius 2 is 2.11 bits per heavy atom. The summed E-state index contributed by atoms with van der Waals surface area (Å²) < 4.78 is 5.16. The van der Waals surface area contributed by atoms with Crippen molar-refractivity contribution in [3.8, 4) is 0 Å². The van der Waals surface area contributed by atoms with Gasteiger partial charge in [-0.1, -0.05) is 23.7 Å². The van der Waals surface area contributed by atoms with Crippen LogP contribution in [-0.2, 0) is 9.53 Å². The number of amides is 1. The number of carbonyl (C=O) groups is 1. The van der Waals surface area contributed by atoms with Crippen LogP contribution in [0.1, 0.15) is 11.6 Å². The molecule has 2 aliphatic heterocycles. The summed E-state index contributed by atoms with van der Waals surface area (Å²) in [6.45, 7) is 1.90. The van der Waals surface area contributed by atoms with Crippen LogP contribution >= 0.6 is 11.6 Å². The molecule has 6 heteroatoms. The summed E-state index contributed by atoms with van der Waals surface area (Å²) in [6.07, 6.45) is 0. The molecule has 2 aliphatic rings. The summed E-state index contributed by atoms with van der Waals surface area (Å²) in [4.78, 5) is 13.7. The van der Waals surface area contributed by atoms with Crippen molar-refractivity contribution in [3.63, 3.8) is 0 Å². The number of rotatable bonds is 2. The zero-order chi connectivity index (χ0) is 13.2. The number of carbonyl (C=O) groups excluding carboxylic acids is 1. The van der Waals surface area contributed by atoms with Crippen LogP contribution in [0, 0.1) is 0 Å². The molecule has 0 aromatic heterocycles. The van der Waals surface area contributed by atoms with Gasteiger partial charge in [0, 0.05) is 11.6 Å². The Labute approximate surface area is 116 Å². The van der Waals surface area contributed by atoms with Crippen LogP contribution in [0.4, 0.5) is 0 Å². The van der Waals surface area contributed by atoms with Crippen molar-refractivity contribution in [2.24, 2.45) is 10.2 Å². The lowest BCUT2D eigenvalue weighted by Gasteiger charge is -2.34. The lowest BCUT2D eigenvalue weighted by Crippen LogP contribution is -2.49. The van der Waals surface area contributed by atoms with Crippen molar-refractivity contribution >= 4 is 17.5 Å². The van der Waals surface area contributed by atoms with E-state index in [4.69, 9.17) is 16.3 Å². The van der Waals surface area contributed by atoms with E-state index in [2.05, 4.69) is 10.2 Å². The minimum absolute atomic E-state index is 0.00224. The van der Waals surface area contributed by atoms with E-state index in [9.17, 15) is 4.79 Å². The fraction of sp³-hybridized carbons (Fsp3) is 0.462. The van der Waals surface area contributed by atoms with E-state index in [0.717, 1.165) is 5.56 Å². The first-order valence-electron chi connectivity index (χ1n) is 6.25. The van der Waals surface area contributed by atoms with Gasteiger partial charge < -0.3 is 9.64 Å². The average Bonchev–Trinajstić information content (AvgIpc) is 2.89. The second kappa shape index (κ2) is 5.27. The second-order valence-corrected chi connectivity index (χ2v) is 5.08. The number of ether oxygens (including phenoxy) is 1. The lowest BCUT2D eigenvalue weighted by molar-refractivity contribution is -0.145. The molecule has 19 heavy (non-hydrogen) atoms. The third-order valence-electron chi connectivity index (χ3n) is 3.47. The molecule has 0 bridgehead atoms. The Kier molecular flexibility index (Phi) is 3.48. The maximum absolute atomic E-state index is 11.9. The highest BCUT2D eigenvalue weighted by Gasteiger charge is 2.36. The number of azo groups is 1. The number of hydrogen-bond acceptors (Lipinski definition) is 4. The molecule has 1 amide bonds. The Bertz CT molecular complexity index is 503. The lowest BCUT2D eigenvalue weighted by atomic mass is 9.99. The van der Waals surface area contributed by atoms with Crippen LogP contribution in [0.3, 0.4) is 0 Å². The summed E-state index contributed by atoms with van der Waals surface area (Å²) >= 11 is 5.89. The van der Waals surface area contributed by atoms with Gasteiger partial charge in [-0.15, -0.1) is 0 Å². The van der Waals surface area contributed by atoms with E-state index < -0.39 is 0 Å². The molecule has 5 nitrogen and oxygen atoms in total. The number of morpholine rings is 1. The molecule has 1 saturated heterocycles. The zero-order valence-corrected chi connectivity index (χ0v) is 11.1. The van der Waals surface area contributed by atoms with Gasteiger partial charge in [0.25, 0.3) is 0 Å². The van der Waals surface area contributed by atoms with Gasteiger partial charge in [-0.3, -0.25) is 4.79 Å². The predicted molar refractivity (Wildman–Crippen MR) is 70.2 cm³/mol. The fourth-order valence-corrected chi connectivity index (χ4v) is 2.62. The Morgan fingerprint density at radius 3 is 2.84 bits per heavy atom. The topological polar surface area (TPSA) is 54.3 Å². The normalized spacial score (nSPS) is 27.0. The van der Waals surface area contributed by atoms with Gasteiger partial charge in [0.1, 0.15) is 12.6 Å². The molecule has 1 aromatic carbocycles. The van der Waals surface area contributed by atoms with E-state index in [1.54, 1.807) is 0 Å². The summed E-state index contributed by atoms with van der Waals surface area (Å²) in [5.74, 6) is 0.0162. The van der Waals surface area contributed by atoms with Crippen molar-refractivity contribution in [2.75, 3.05) is 26.3 Å². The van der Waals surface area contributed by atoms with Gasteiger partial charge in [0.2, 0.25) is 5.91 Å². The molecular formula is C13H14ClN3O2. The van der Waals surface area contributed by atoms with Gasteiger partial charge in [0.05, 0.1) is 19.2 Å². The SMILES string of the molecule is O=C1COCCN1C1CN=NC1c1ccc(Cl)cc1. The molecule has 2 atom stereocenters. The zero-order valence-electron chi connectivity index (χ0n) is 10.3. The summed E-state index contributed by atoms with van der Waals surface area (Å²) in [5, 5.41) is 9.08. The average molecular weight is 280 g/mol. The largest absolute Gasteiger partial charge is 0.370 e. The van der Waals surface area contributed by atoms with Crippen molar-refractivity contribution in [1.82, 2.24) is 4.90 Å². The van der Waals surface area contributed by atoms with Gasteiger partial charge in [-0.25, -0.2) is 0 Å². The second-order valence-electron chi connectivity index (χ2n) is 4.64. The smallest absolute Gasteiger partial charge is 0.249 e. The van der Waals surface area contributed by atoms with Crippen LogP contribution in [-0.4, -0.2) is 43.2 Å². The van der Waals surface area contributed by atoms with Crippen LogP contribution in [0.5, 0.6) is 0 Å². The third-order valence-corrected chi connectivity index (χ3v) is 3.73. The van der Waals surface area contributed by atoms with Crippen molar-refractivity contribution in [2.45, 2.75) is 12.1 Å². The molecule has 1 aromatic rings. The van der Waals surface area contributed by atoms with E-state index in [1.165, 1.54) is 0 Å². The number of nitrogens with zero attached hydrogens (tertiary/aromatic N) is 3. The number of halogens is 1. The van der Waals surface area contributed by atoms with E-state index in [0.29, 0.717) is 24.7 Å². The first-order valence-corrected chi connectivity index (χ1v) is 6.63. The molecule has 0 aliphatic carbocycles. The van der Waals surface area contributed by atoms with Crippen LogP contribution < -0.4 is 0 Å². The summed E-state index contributed by atoms with van der Waals surface area (Å²) in [7, 11) is 0. The predicted octanol–water partition coefficient (Wildman–Crippen LogP) is 2.07. The van der Waals surface area contributed by atoms with Crippen LogP contribution in [0.25, 0.3) is 0 Å². The molecule has 2 heterocycles. The maximum atomic E-state index is 11.9. The highest BCUT2D eigenvalue weighted by Crippen LogP contribution is 2.31. The minimum Gasteiger partial charge on any atom is -0.370 e. The number of hydrogen-bond donors (Lipinski definition) is 0. The minimum atomic E-state index is -0.0979. The molecule has 2 unspecified atom stereocenters. The van der Waals surface area contributed by atoms with E-state index in [1.807, 2.05) is 29.2 Å². The summed E-state index contributed by atoms with van der Waals surface area (Å²) in [5.41, 5.74) is 1.04. The summed E-state index contributed by atoms with van der Waals surface area (Å²) in [6, 6.07) is 7.45. The first kappa shape index (κ1) is 12.6. The van der Waals surface area contributed by atoms with Gasteiger partial charge in [-0.05, 0) is 17.7 Å². The van der Waals surface area contributed by atoms with E-state index >= 15 is 0 Å². The molecule has 1 fully saturated rings. The Morgan fingerprint density at radius 1 is 1.32 bits per heavy atom. The molecular weight excluding hydrogens is 266 g/mol. The van der Waals surface area contributed by atoms with Crippen molar-refractivity contribution in [1.29, 1.82) is 0 Å². The fourth-order valence-electron chi connectivity index (χ4n) is 2.49. The van der Waals surface area contributed by atoms with Crippen molar-refractivity contribution in [3.05, 3.63) is 34.9 Å². The Hall–Kier alpha value is -1.46. The highest BCUT2D eigenvalue weighted by atomic mass is 35.5. The molecule has 0 saturated carbocycles. The van der Waals surface area contributed by atoms with Crippen molar-refractivity contribution < 1.29 is 9.53 Å². The molecule has 0 spiro atoms. The number of benzene rings is 1.